The summed E-state index contributed by atoms with van der Waals surface area (Å²) in [4.78, 5) is 27.2. The van der Waals surface area contributed by atoms with Crippen molar-refractivity contribution in [3.63, 3.8) is 0 Å². The van der Waals surface area contributed by atoms with E-state index in [0.717, 1.165) is 5.56 Å². The topological polar surface area (TPSA) is 77.5 Å². The van der Waals surface area contributed by atoms with E-state index >= 15 is 0 Å². The first-order valence-corrected chi connectivity index (χ1v) is 8.30. The number of hydrogen-bond donors (Lipinski definition) is 1. The fourth-order valence-corrected chi connectivity index (χ4v) is 2.45. The second-order valence-corrected chi connectivity index (χ2v) is 5.53. The molecule has 0 saturated carbocycles. The van der Waals surface area contributed by atoms with E-state index in [1.165, 1.54) is 11.3 Å². The van der Waals surface area contributed by atoms with Crippen LogP contribution in [-0.2, 0) is 16.1 Å². The van der Waals surface area contributed by atoms with Gasteiger partial charge in [-0.05, 0) is 18.6 Å². The highest BCUT2D eigenvalue weighted by Crippen LogP contribution is 2.12. The predicted octanol–water partition coefficient (Wildman–Crippen LogP) is 3.26. The van der Waals surface area contributed by atoms with Gasteiger partial charge in [0.15, 0.2) is 5.69 Å². The zero-order valence-corrected chi connectivity index (χ0v) is 14.0. The SMILES string of the molecule is CCOC(=O)c1csc(C=CCNC(=O)OCc2ccccc2)n1. The fraction of sp³-hybridized carbons (Fsp3) is 0.235. The fourth-order valence-electron chi connectivity index (χ4n) is 1.74. The standard InChI is InChI=1S/C17H18N2O4S/c1-2-22-16(20)14-12-24-15(19-14)9-6-10-18-17(21)23-11-13-7-4-3-5-8-13/h3-9,12H,2,10-11H2,1H3,(H,18,21). The van der Waals surface area contributed by atoms with Crippen LogP contribution in [0.3, 0.4) is 0 Å². The second kappa shape index (κ2) is 9.46. The van der Waals surface area contributed by atoms with Gasteiger partial charge in [-0.15, -0.1) is 11.3 Å². The Morgan fingerprint density at radius 2 is 2.04 bits per heavy atom. The highest BCUT2D eigenvalue weighted by Gasteiger charge is 2.09. The van der Waals surface area contributed by atoms with Gasteiger partial charge in [-0.1, -0.05) is 36.4 Å². The molecule has 1 N–H and O–H groups in total. The summed E-state index contributed by atoms with van der Waals surface area (Å²) in [5.74, 6) is -0.434. The van der Waals surface area contributed by atoms with Crippen LogP contribution >= 0.6 is 11.3 Å². The summed E-state index contributed by atoms with van der Waals surface area (Å²) in [5.41, 5.74) is 1.22. The third kappa shape index (κ3) is 5.85. The molecule has 6 nitrogen and oxygen atoms in total. The van der Waals surface area contributed by atoms with E-state index in [2.05, 4.69) is 10.3 Å². The molecule has 0 aliphatic carbocycles. The summed E-state index contributed by atoms with van der Waals surface area (Å²) in [6.07, 6.45) is 2.97. The van der Waals surface area contributed by atoms with E-state index in [1.54, 1.807) is 24.5 Å². The number of ether oxygens (including phenoxy) is 2. The van der Waals surface area contributed by atoms with Gasteiger partial charge in [0, 0.05) is 11.9 Å². The van der Waals surface area contributed by atoms with E-state index < -0.39 is 12.1 Å². The molecule has 0 saturated heterocycles. The van der Waals surface area contributed by atoms with Crippen LogP contribution in [0.15, 0.2) is 41.8 Å². The minimum atomic E-state index is -0.491. The molecule has 1 aromatic heterocycles. The number of benzene rings is 1. The van der Waals surface area contributed by atoms with Crippen LogP contribution in [0, 0.1) is 0 Å². The molecule has 0 aliphatic rings. The summed E-state index contributed by atoms with van der Waals surface area (Å²) >= 11 is 1.33. The van der Waals surface area contributed by atoms with Gasteiger partial charge in [0.25, 0.3) is 0 Å². The average molecular weight is 346 g/mol. The minimum absolute atomic E-state index is 0.228. The summed E-state index contributed by atoms with van der Waals surface area (Å²) in [6, 6.07) is 9.45. The minimum Gasteiger partial charge on any atom is -0.461 e. The van der Waals surface area contributed by atoms with Crippen LogP contribution in [0.5, 0.6) is 0 Å². The van der Waals surface area contributed by atoms with Crippen LogP contribution < -0.4 is 5.32 Å². The first-order chi connectivity index (χ1) is 11.7. The number of thiazole rings is 1. The number of nitrogens with one attached hydrogen (secondary N) is 1. The van der Waals surface area contributed by atoms with Crippen molar-refractivity contribution in [2.75, 3.05) is 13.2 Å². The molecule has 1 aromatic carbocycles. The lowest BCUT2D eigenvalue weighted by molar-refractivity contribution is 0.0520. The van der Waals surface area contributed by atoms with Crippen LogP contribution in [0.4, 0.5) is 4.79 Å². The van der Waals surface area contributed by atoms with Crippen LogP contribution in [0.2, 0.25) is 0 Å². The molecule has 0 radical (unpaired) electrons. The summed E-state index contributed by atoms with van der Waals surface area (Å²) in [6.45, 7) is 2.60. The number of carbonyl (C=O) groups excluding carboxylic acids is 2. The molecule has 0 fully saturated rings. The number of hydrogen-bond acceptors (Lipinski definition) is 6. The van der Waals surface area contributed by atoms with Crippen molar-refractivity contribution in [1.82, 2.24) is 10.3 Å². The van der Waals surface area contributed by atoms with Gasteiger partial charge in [0.05, 0.1) is 6.61 Å². The van der Waals surface area contributed by atoms with Gasteiger partial charge in [0.2, 0.25) is 0 Å². The third-order valence-corrected chi connectivity index (χ3v) is 3.65. The number of esters is 1. The Bertz CT molecular complexity index is 698. The Morgan fingerprint density at radius 3 is 2.79 bits per heavy atom. The zero-order valence-electron chi connectivity index (χ0n) is 13.2. The number of alkyl carbamates (subject to hydrolysis) is 1. The normalized spacial score (nSPS) is 10.5. The molecule has 0 atom stereocenters. The summed E-state index contributed by atoms with van der Waals surface area (Å²) in [5, 5.41) is 4.91. The van der Waals surface area contributed by atoms with E-state index in [1.807, 2.05) is 30.3 Å². The van der Waals surface area contributed by atoms with Crippen molar-refractivity contribution in [2.24, 2.45) is 0 Å². The predicted molar refractivity (Wildman–Crippen MR) is 91.7 cm³/mol. The van der Waals surface area contributed by atoms with Crippen molar-refractivity contribution in [1.29, 1.82) is 0 Å². The lowest BCUT2D eigenvalue weighted by Gasteiger charge is -2.04. The van der Waals surface area contributed by atoms with Gasteiger partial charge in [-0.25, -0.2) is 14.6 Å². The maximum atomic E-state index is 11.6. The summed E-state index contributed by atoms with van der Waals surface area (Å²) in [7, 11) is 0. The molecular formula is C17H18N2O4S. The molecule has 1 heterocycles. The largest absolute Gasteiger partial charge is 0.461 e. The Hall–Kier alpha value is -2.67. The van der Waals surface area contributed by atoms with Crippen molar-refractivity contribution in [2.45, 2.75) is 13.5 Å². The number of carbonyl (C=O) groups is 2. The second-order valence-electron chi connectivity index (χ2n) is 4.64. The Kier molecular flexibility index (Phi) is 6.97. The molecule has 0 unspecified atom stereocenters. The molecule has 0 spiro atoms. The monoisotopic (exact) mass is 346 g/mol. The van der Waals surface area contributed by atoms with E-state index in [0.29, 0.717) is 18.2 Å². The zero-order chi connectivity index (χ0) is 17.2. The van der Waals surface area contributed by atoms with E-state index in [4.69, 9.17) is 9.47 Å². The highest BCUT2D eigenvalue weighted by molar-refractivity contribution is 7.10. The molecule has 2 rings (SSSR count). The summed E-state index contributed by atoms with van der Waals surface area (Å²) < 4.78 is 9.95. The molecule has 7 heteroatoms. The van der Waals surface area contributed by atoms with Crippen molar-refractivity contribution < 1.29 is 19.1 Å². The Balaban J connectivity index is 1.70. The lowest BCUT2D eigenvalue weighted by atomic mass is 10.2. The maximum Gasteiger partial charge on any atom is 0.407 e. The average Bonchev–Trinajstić information content (AvgIpc) is 3.07. The van der Waals surface area contributed by atoms with Crippen molar-refractivity contribution in [3.05, 3.63) is 58.1 Å². The quantitative estimate of drug-likeness (QED) is 0.779. The smallest absolute Gasteiger partial charge is 0.407 e. The molecule has 2 aromatic rings. The van der Waals surface area contributed by atoms with Gasteiger partial charge in [-0.2, -0.15) is 0 Å². The molecule has 0 bridgehead atoms. The maximum absolute atomic E-state index is 11.6. The molecule has 0 aliphatic heterocycles. The number of rotatable bonds is 7. The molecular weight excluding hydrogens is 328 g/mol. The first kappa shape index (κ1) is 17.7. The van der Waals surface area contributed by atoms with Gasteiger partial charge in [0.1, 0.15) is 11.6 Å². The van der Waals surface area contributed by atoms with Gasteiger partial charge in [-0.3, -0.25) is 0 Å². The van der Waals surface area contributed by atoms with Crippen molar-refractivity contribution >= 4 is 29.5 Å². The Labute approximate surface area is 144 Å². The van der Waals surface area contributed by atoms with Gasteiger partial charge >= 0.3 is 12.1 Å². The van der Waals surface area contributed by atoms with Crippen molar-refractivity contribution in [3.8, 4) is 0 Å². The lowest BCUT2D eigenvalue weighted by Crippen LogP contribution is -2.24. The Morgan fingerprint density at radius 1 is 1.25 bits per heavy atom. The van der Waals surface area contributed by atoms with E-state index in [9.17, 15) is 9.59 Å². The van der Waals surface area contributed by atoms with E-state index in [-0.39, 0.29) is 12.3 Å². The van der Waals surface area contributed by atoms with Crippen LogP contribution in [0.25, 0.3) is 6.08 Å². The number of aromatic nitrogens is 1. The van der Waals surface area contributed by atoms with Gasteiger partial charge < -0.3 is 14.8 Å². The van der Waals surface area contributed by atoms with Crippen LogP contribution in [-0.4, -0.2) is 30.2 Å². The number of nitrogens with zero attached hydrogens (tertiary/aromatic N) is 1. The number of amides is 1. The van der Waals surface area contributed by atoms with Crippen LogP contribution in [0.1, 0.15) is 28.0 Å². The first-order valence-electron chi connectivity index (χ1n) is 7.42. The third-order valence-electron chi connectivity index (χ3n) is 2.84. The molecule has 1 amide bonds. The molecule has 24 heavy (non-hydrogen) atoms. The highest BCUT2D eigenvalue weighted by atomic mass is 32.1. The molecule has 126 valence electrons.